The van der Waals surface area contributed by atoms with E-state index in [1.54, 1.807) is 11.0 Å². The molecule has 1 amide bonds. The van der Waals surface area contributed by atoms with Crippen LogP contribution in [0.4, 0.5) is 5.00 Å². The van der Waals surface area contributed by atoms with Gasteiger partial charge in [-0.25, -0.2) is 4.98 Å². The highest BCUT2D eigenvalue weighted by atomic mass is 32.2. The topological polar surface area (TPSA) is 85.7 Å². The van der Waals surface area contributed by atoms with Gasteiger partial charge in [-0.3, -0.25) is 9.89 Å². The normalized spacial score (nSPS) is 18.5. The van der Waals surface area contributed by atoms with Crippen molar-refractivity contribution in [2.45, 2.75) is 23.8 Å². The van der Waals surface area contributed by atoms with Crippen molar-refractivity contribution in [3.63, 3.8) is 0 Å². The predicted molar refractivity (Wildman–Crippen MR) is 76.8 cm³/mol. The Balaban J connectivity index is 1.76. The van der Waals surface area contributed by atoms with Crippen LogP contribution in [0.5, 0.6) is 0 Å². The smallest absolute Gasteiger partial charge is 0.241 e. The third-order valence-electron chi connectivity index (χ3n) is 2.99. The number of H-pyrrole nitrogens is 1. The Morgan fingerprint density at radius 3 is 3.20 bits per heavy atom. The van der Waals surface area contributed by atoms with E-state index in [9.17, 15) is 4.79 Å². The van der Waals surface area contributed by atoms with E-state index in [1.165, 1.54) is 23.1 Å². The number of nitriles is 1. The number of anilines is 1. The first kappa shape index (κ1) is 13.1. The number of carbonyl (C=O) groups excluding carboxylic acids is 1. The zero-order valence-electron chi connectivity index (χ0n) is 10.7. The molecule has 1 aliphatic rings. The fourth-order valence-electron chi connectivity index (χ4n) is 2.06. The minimum Gasteiger partial charge on any atom is -0.302 e. The minimum absolute atomic E-state index is 0.0244. The second-order valence-corrected chi connectivity index (χ2v) is 6.40. The molecule has 1 N–H and O–H groups in total. The second-order valence-electron chi connectivity index (χ2n) is 4.34. The zero-order chi connectivity index (χ0) is 14.1. The summed E-state index contributed by atoms with van der Waals surface area (Å²) in [6.45, 7) is 2.46. The number of thioether (sulfide) groups is 1. The quantitative estimate of drug-likeness (QED) is 0.936. The summed E-state index contributed by atoms with van der Waals surface area (Å²) in [5, 5.41) is 18.8. The second kappa shape index (κ2) is 5.26. The van der Waals surface area contributed by atoms with Crippen LogP contribution in [-0.4, -0.2) is 32.9 Å². The highest BCUT2D eigenvalue weighted by Gasteiger charge is 2.35. The molecule has 3 rings (SSSR count). The standard InChI is InChI=1S/C12H11N5OS2/c1-7-14-12(16-15-7)20-9-2-4-17(10(9)18)11-8(6-13)3-5-19-11/h3,5,9H,2,4H2,1H3,(H,14,15,16)/t9-/m1/s1. The van der Waals surface area contributed by atoms with Crippen molar-refractivity contribution in [2.24, 2.45) is 0 Å². The Bertz CT molecular complexity index is 686. The third-order valence-corrected chi connectivity index (χ3v) is 5.04. The average molecular weight is 305 g/mol. The number of thiophene rings is 1. The summed E-state index contributed by atoms with van der Waals surface area (Å²) in [6.07, 6.45) is 0.736. The Kier molecular flexibility index (Phi) is 3.46. The molecule has 8 heteroatoms. The highest BCUT2D eigenvalue weighted by molar-refractivity contribution is 8.00. The predicted octanol–water partition coefficient (Wildman–Crippen LogP) is 1.94. The molecular weight excluding hydrogens is 294 g/mol. The van der Waals surface area contributed by atoms with Crippen LogP contribution in [0.3, 0.4) is 0 Å². The Labute approximate surface area is 123 Å². The van der Waals surface area contributed by atoms with Crippen LogP contribution >= 0.6 is 23.1 Å². The van der Waals surface area contributed by atoms with Gasteiger partial charge in [0.1, 0.15) is 16.9 Å². The molecule has 0 radical (unpaired) electrons. The first-order valence-electron chi connectivity index (χ1n) is 6.03. The van der Waals surface area contributed by atoms with Gasteiger partial charge in [0.2, 0.25) is 11.1 Å². The molecular formula is C12H11N5OS2. The van der Waals surface area contributed by atoms with Gasteiger partial charge in [-0.05, 0) is 24.8 Å². The third kappa shape index (κ3) is 2.30. The van der Waals surface area contributed by atoms with Gasteiger partial charge < -0.3 is 4.90 Å². The van der Waals surface area contributed by atoms with Gasteiger partial charge in [0, 0.05) is 6.54 Å². The van der Waals surface area contributed by atoms with Crippen molar-refractivity contribution in [3.05, 3.63) is 22.8 Å². The molecule has 0 saturated carbocycles. The van der Waals surface area contributed by atoms with Crippen LogP contribution in [0.1, 0.15) is 17.8 Å². The van der Waals surface area contributed by atoms with Crippen molar-refractivity contribution in [1.29, 1.82) is 5.26 Å². The van der Waals surface area contributed by atoms with E-state index in [2.05, 4.69) is 21.3 Å². The molecule has 0 spiro atoms. The lowest BCUT2D eigenvalue weighted by molar-refractivity contribution is -0.116. The van der Waals surface area contributed by atoms with E-state index in [0.717, 1.165) is 17.2 Å². The van der Waals surface area contributed by atoms with Crippen LogP contribution in [0, 0.1) is 18.3 Å². The molecule has 20 heavy (non-hydrogen) atoms. The maximum absolute atomic E-state index is 12.4. The molecule has 1 saturated heterocycles. The van der Waals surface area contributed by atoms with Gasteiger partial charge in [0.25, 0.3) is 0 Å². The number of nitrogens with zero attached hydrogens (tertiary/aromatic N) is 4. The molecule has 1 atom stereocenters. The number of rotatable bonds is 3. The molecule has 1 aliphatic heterocycles. The lowest BCUT2D eigenvalue weighted by Crippen LogP contribution is -2.27. The van der Waals surface area contributed by atoms with E-state index in [4.69, 9.17) is 5.26 Å². The summed E-state index contributed by atoms with van der Waals surface area (Å²) in [4.78, 5) is 18.3. The van der Waals surface area contributed by atoms with Crippen molar-refractivity contribution in [3.8, 4) is 6.07 Å². The number of hydrogen-bond acceptors (Lipinski definition) is 6. The van der Waals surface area contributed by atoms with E-state index in [-0.39, 0.29) is 11.2 Å². The number of carbonyl (C=O) groups is 1. The number of aromatic amines is 1. The average Bonchev–Trinajstić information content (AvgIpc) is 3.12. The first-order chi connectivity index (χ1) is 9.69. The molecule has 3 heterocycles. The van der Waals surface area contributed by atoms with Crippen LogP contribution in [0.15, 0.2) is 16.6 Å². The lowest BCUT2D eigenvalue weighted by atomic mass is 10.3. The number of aromatic nitrogens is 3. The van der Waals surface area contributed by atoms with Crippen molar-refractivity contribution in [2.75, 3.05) is 11.4 Å². The van der Waals surface area contributed by atoms with Crippen molar-refractivity contribution >= 4 is 34.0 Å². The van der Waals surface area contributed by atoms with Crippen LogP contribution in [0.2, 0.25) is 0 Å². The maximum Gasteiger partial charge on any atom is 0.241 e. The van der Waals surface area contributed by atoms with Crippen molar-refractivity contribution in [1.82, 2.24) is 15.2 Å². The molecule has 0 aromatic carbocycles. The molecule has 1 fully saturated rings. The lowest BCUT2D eigenvalue weighted by Gasteiger charge is -2.14. The Morgan fingerprint density at radius 1 is 1.65 bits per heavy atom. The van der Waals surface area contributed by atoms with Gasteiger partial charge in [0.15, 0.2) is 0 Å². The first-order valence-corrected chi connectivity index (χ1v) is 7.79. The summed E-state index contributed by atoms with van der Waals surface area (Å²) >= 11 is 2.80. The van der Waals surface area contributed by atoms with E-state index >= 15 is 0 Å². The summed E-state index contributed by atoms with van der Waals surface area (Å²) < 4.78 is 0. The molecule has 102 valence electrons. The van der Waals surface area contributed by atoms with Gasteiger partial charge in [-0.1, -0.05) is 11.8 Å². The largest absolute Gasteiger partial charge is 0.302 e. The van der Waals surface area contributed by atoms with E-state index < -0.39 is 0 Å². The SMILES string of the molecule is Cc1nc(S[C@@H]2CCN(c3sccc3C#N)C2=O)n[nH]1. The molecule has 0 bridgehead atoms. The molecule has 2 aromatic heterocycles. The number of amides is 1. The molecule has 0 unspecified atom stereocenters. The molecule has 2 aromatic rings. The fraction of sp³-hybridized carbons (Fsp3) is 0.333. The van der Waals surface area contributed by atoms with Crippen LogP contribution in [-0.2, 0) is 4.79 Å². The van der Waals surface area contributed by atoms with Crippen molar-refractivity contribution < 1.29 is 4.79 Å². The Hall–Kier alpha value is -1.85. The van der Waals surface area contributed by atoms with Gasteiger partial charge in [0.05, 0.1) is 10.8 Å². The zero-order valence-corrected chi connectivity index (χ0v) is 12.3. The van der Waals surface area contributed by atoms with Crippen LogP contribution in [0.25, 0.3) is 0 Å². The molecule has 6 nitrogen and oxygen atoms in total. The summed E-state index contributed by atoms with van der Waals surface area (Å²) in [6, 6.07) is 3.86. The minimum atomic E-state index is -0.182. The van der Waals surface area contributed by atoms with Gasteiger partial charge in [-0.15, -0.1) is 16.4 Å². The number of hydrogen-bond donors (Lipinski definition) is 1. The van der Waals surface area contributed by atoms with Crippen LogP contribution < -0.4 is 4.90 Å². The summed E-state index contributed by atoms with van der Waals surface area (Å²) in [5.74, 6) is 0.760. The van der Waals surface area contributed by atoms with E-state index in [0.29, 0.717) is 17.3 Å². The van der Waals surface area contributed by atoms with E-state index in [1.807, 2.05) is 12.3 Å². The summed E-state index contributed by atoms with van der Waals surface area (Å²) in [7, 11) is 0. The fourth-order valence-corrected chi connectivity index (χ4v) is 3.94. The van der Waals surface area contributed by atoms with Gasteiger partial charge in [-0.2, -0.15) is 5.26 Å². The highest BCUT2D eigenvalue weighted by Crippen LogP contribution is 2.35. The number of aryl methyl sites for hydroxylation is 1. The molecule has 0 aliphatic carbocycles. The Morgan fingerprint density at radius 2 is 2.50 bits per heavy atom. The van der Waals surface area contributed by atoms with Gasteiger partial charge >= 0.3 is 0 Å². The summed E-state index contributed by atoms with van der Waals surface area (Å²) in [5.41, 5.74) is 0.558. The number of nitrogens with one attached hydrogen (secondary N) is 1. The maximum atomic E-state index is 12.4. The monoisotopic (exact) mass is 305 g/mol.